The molecule has 0 radical (unpaired) electrons. The van der Waals surface area contributed by atoms with Crippen molar-refractivity contribution in [3.63, 3.8) is 0 Å². The molecule has 0 spiro atoms. The maximum Gasteiger partial charge on any atom is 0.331 e. The van der Waals surface area contributed by atoms with Gasteiger partial charge in [0.05, 0.1) is 18.2 Å². The van der Waals surface area contributed by atoms with Crippen LogP contribution in [0.5, 0.6) is 0 Å². The number of hydrogen-bond acceptors (Lipinski definition) is 5. The summed E-state index contributed by atoms with van der Waals surface area (Å²) in [6, 6.07) is 19.2. The summed E-state index contributed by atoms with van der Waals surface area (Å²) in [5.74, 6) is -0.561. The lowest BCUT2D eigenvalue weighted by Gasteiger charge is -2.32. The lowest BCUT2D eigenvalue weighted by Crippen LogP contribution is -2.36. The number of aliphatic imine (C=N–C) groups is 1. The van der Waals surface area contributed by atoms with Crippen molar-refractivity contribution in [3.8, 4) is 0 Å². The highest BCUT2D eigenvalue weighted by Crippen LogP contribution is 2.34. The van der Waals surface area contributed by atoms with Crippen LogP contribution in [0, 0.1) is 11.8 Å². The highest BCUT2D eigenvalue weighted by Gasteiger charge is 2.36. The van der Waals surface area contributed by atoms with Crippen molar-refractivity contribution in [1.29, 1.82) is 0 Å². The van der Waals surface area contributed by atoms with Crippen molar-refractivity contribution in [2.24, 2.45) is 16.8 Å². The Hall–Kier alpha value is -2.95. The maximum atomic E-state index is 13.0. The molecule has 0 N–H and O–H groups in total. The number of hydrogen-bond donors (Lipinski definition) is 0. The SMILES string of the molecule is CCOC(=O)C(N=C(c1ccccc1)c1ccccc1)C1CCC(C(=O)OC(C)(C)C)CC1. The van der Waals surface area contributed by atoms with Gasteiger partial charge in [-0.15, -0.1) is 0 Å². The van der Waals surface area contributed by atoms with Gasteiger partial charge in [-0.1, -0.05) is 60.7 Å². The summed E-state index contributed by atoms with van der Waals surface area (Å²) in [7, 11) is 0. The van der Waals surface area contributed by atoms with Gasteiger partial charge in [0.15, 0.2) is 6.04 Å². The average Bonchev–Trinajstić information content (AvgIpc) is 2.80. The number of carbonyl (C=O) groups excluding carboxylic acids is 2. The first-order valence-electron chi connectivity index (χ1n) is 11.9. The second-order valence-electron chi connectivity index (χ2n) is 9.55. The minimum Gasteiger partial charge on any atom is -0.464 e. The van der Waals surface area contributed by atoms with Gasteiger partial charge in [0.25, 0.3) is 0 Å². The number of ether oxygens (including phenoxy) is 2. The van der Waals surface area contributed by atoms with Crippen LogP contribution >= 0.6 is 0 Å². The highest BCUT2D eigenvalue weighted by atomic mass is 16.6. The van der Waals surface area contributed by atoms with Gasteiger partial charge >= 0.3 is 11.9 Å². The van der Waals surface area contributed by atoms with Crippen LogP contribution in [0.15, 0.2) is 65.7 Å². The van der Waals surface area contributed by atoms with Crippen LogP contribution in [0.2, 0.25) is 0 Å². The molecule has 0 aromatic heterocycles. The molecule has 0 aliphatic heterocycles. The van der Waals surface area contributed by atoms with Gasteiger partial charge in [-0.2, -0.15) is 0 Å². The third-order valence-electron chi connectivity index (χ3n) is 5.85. The predicted molar refractivity (Wildman–Crippen MR) is 130 cm³/mol. The fourth-order valence-electron chi connectivity index (χ4n) is 4.28. The molecule has 5 nitrogen and oxygen atoms in total. The van der Waals surface area contributed by atoms with Crippen LogP contribution in [0.25, 0.3) is 0 Å². The van der Waals surface area contributed by atoms with E-state index in [0.29, 0.717) is 19.4 Å². The molecule has 1 atom stereocenters. The van der Waals surface area contributed by atoms with E-state index < -0.39 is 11.6 Å². The van der Waals surface area contributed by atoms with Crippen molar-refractivity contribution in [2.45, 2.75) is 65.0 Å². The predicted octanol–water partition coefficient (Wildman–Crippen LogP) is 5.60. The zero-order valence-electron chi connectivity index (χ0n) is 20.1. The molecule has 2 aromatic rings. The van der Waals surface area contributed by atoms with E-state index in [1.807, 2.05) is 88.4 Å². The first-order chi connectivity index (χ1) is 15.8. The molecule has 1 aliphatic carbocycles. The summed E-state index contributed by atoms with van der Waals surface area (Å²) in [5, 5.41) is 0. The molecule has 5 heteroatoms. The summed E-state index contributed by atoms with van der Waals surface area (Å²) in [5.41, 5.74) is 2.20. The molecule has 0 amide bonds. The van der Waals surface area contributed by atoms with Crippen molar-refractivity contribution in [3.05, 3.63) is 71.8 Å². The summed E-state index contributed by atoms with van der Waals surface area (Å²) < 4.78 is 11.0. The molecular formula is C28H35NO4. The number of esters is 2. The van der Waals surface area contributed by atoms with E-state index in [9.17, 15) is 9.59 Å². The normalized spacial score (nSPS) is 19.3. The van der Waals surface area contributed by atoms with Gasteiger partial charge in [-0.05, 0) is 59.3 Å². The number of nitrogens with zero attached hydrogens (tertiary/aromatic N) is 1. The molecule has 1 fully saturated rings. The van der Waals surface area contributed by atoms with E-state index in [-0.39, 0.29) is 23.8 Å². The van der Waals surface area contributed by atoms with Gasteiger partial charge in [-0.3, -0.25) is 9.79 Å². The van der Waals surface area contributed by atoms with Gasteiger partial charge in [-0.25, -0.2) is 4.79 Å². The van der Waals surface area contributed by atoms with E-state index >= 15 is 0 Å². The van der Waals surface area contributed by atoms with Gasteiger partial charge in [0.1, 0.15) is 5.60 Å². The standard InChI is InChI=1S/C28H35NO4/c1-5-32-27(31)25(22-16-18-23(19-17-22)26(30)33-28(2,3)4)29-24(20-12-8-6-9-13-20)21-14-10-7-11-15-21/h6-15,22-23,25H,5,16-19H2,1-4H3. The van der Waals surface area contributed by atoms with Gasteiger partial charge < -0.3 is 9.47 Å². The zero-order valence-corrected chi connectivity index (χ0v) is 20.1. The summed E-state index contributed by atoms with van der Waals surface area (Å²) in [6.45, 7) is 7.78. The summed E-state index contributed by atoms with van der Waals surface area (Å²) in [6.07, 6.45) is 2.84. The molecule has 0 heterocycles. The lowest BCUT2D eigenvalue weighted by molar-refractivity contribution is -0.161. The van der Waals surface area contributed by atoms with Crippen molar-refractivity contribution < 1.29 is 19.1 Å². The minimum atomic E-state index is -0.611. The summed E-state index contributed by atoms with van der Waals surface area (Å²) in [4.78, 5) is 30.6. The monoisotopic (exact) mass is 449 g/mol. The van der Waals surface area contributed by atoms with E-state index in [1.54, 1.807) is 0 Å². The smallest absolute Gasteiger partial charge is 0.331 e. The molecule has 1 saturated carbocycles. The average molecular weight is 450 g/mol. The van der Waals surface area contributed by atoms with Crippen LogP contribution in [-0.2, 0) is 19.1 Å². The van der Waals surface area contributed by atoms with Crippen LogP contribution in [-0.4, -0.2) is 35.9 Å². The van der Waals surface area contributed by atoms with Gasteiger partial charge in [0.2, 0.25) is 0 Å². The van der Waals surface area contributed by atoms with Crippen LogP contribution in [0.1, 0.15) is 64.5 Å². The van der Waals surface area contributed by atoms with Crippen LogP contribution in [0.3, 0.4) is 0 Å². The second kappa shape index (κ2) is 11.3. The zero-order chi connectivity index (χ0) is 23.8. The highest BCUT2D eigenvalue weighted by molar-refractivity contribution is 6.13. The molecule has 2 aromatic carbocycles. The number of benzene rings is 2. The molecule has 1 unspecified atom stereocenters. The Bertz CT molecular complexity index is 897. The van der Waals surface area contributed by atoms with E-state index in [2.05, 4.69) is 0 Å². The quantitative estimate of drug-likeness (QED) is 0.407. The fraction of sp³-hybridized carbons (Fsp3) is 0.464. The Kier molecular flexibility index (Phi) is 8.43. The Morgan fingerprint density at radius 2 is 1.42 bits per heavy atom. The second-order valence-corrected chi connectivity index (χ2v) is 9.55. The number of rotatable bonds is 7. The summed E-state index contributed by atoms with van der Waals surface area (Å²) >= 11 is 0. The van der Waals surface area contributed by atoms with Gasteiger partial charge in [0, 0.05) is 11.1 Å². The first-order valence-corrected chi connectivity index (χ1v) is 11.9. The largest absolute Gasteiger partial charge is 0.464 e. The fourth-order valence-corrected chi connectivity index (χ4v) is 4.28. The molecule has 0 bridgehead atoms. The Morgan fingerprint density at radius 3 is 1.88 bits per heavy atom. The molecule has 1 aliphatic rings. The van der Waals surface area contributed by atoms with Crippen LogP contribution in [0.4, 0.5) is 0 Å². The molecule has 0 saturated heterocycles. The number of carbonyl (C=O) groups is 2. The Balaban J connectivity index is 1.87. The topological polar surface area (TPSA) is 65.0 Å². The maximum absolute atomic E-state index is 13.0. The third-order valence-corrected chi connectivity index (χ3v) is 5.85. The minimum absolute atomic E-state index is 0.0187. The third kappa shape index (κ3) is 7.01. The van der Waals surface area contributed by atoms with Crippen molar-refractivity contribution >= 4 is 17.7 Å². The van der Waals surface area contributed by atoms with Crippen molar-refractivity contribution in [1.82, 2.24) is 0 Å². The van der Waals surface area contributed by atoms with E-state index in [4.69, 9.17) is 14.5 Å². The molecule has 3 rings (SSSR count). The van der Waals surface area contributed by atoms with Crippen LogP contribution < -0.4 is 0 Å². The molecule has 33 heavy (non-hydrogen) atoms. The molecule has 176 valence electrons. The first kappa shape index (κ1) is 24.7. The van der Waals surface area contributed by atoms with E-state index in [0.717, 1.165) is 29.7 Å². The Labute approximate surface area is 197 Å². The van der Waals surface area contributed by atoms with Crippen molar-refractivity contribution in [2.75, 3.05) is 6.61 Å². The van der Waals surface area contributed by atoms with E-state index in [1.165, 1.54) is 0 Å². The lowest BCUT2D eigenvalue weighted by atomic mass is 9.78. The molecular weight excluding hydrogens is 414 g/mol. The Morgan fingerprint density at radius 1 is 0.909 bits per heavy atom.